The molecule has 2 aliphatic rings. The molecule has 10 rings (SSSR count). The van der Waals surface area contributed by atoms with Crippen LogP contribution in [0.1, 0.15) is 22.8 Å². The lowest BCUT2D eigenvalue weighted by Crippen LogP contribution is -2.48. The number of amides is 1. The summed E-state index contributed by atoms with van der Waals surface area (Å²) in [5, 5.41) is 19.1. The number of methoxy groups -OCH3 is 1. The lowest BCUT2D eigenvalue weighted by molar-refractivity contribution is -0.114. The molecule has 6 aromatic carbocycles. The number of carbonyl (C=O) groups excluding carboxylic acids is 2. The van der Waals surface area contributed by atoms with Crippen molar-refractivity contribution in [3.63, 3.8) is 0 Å². The number of hydrogen-bond donors (Lipinski definition) is 9. The molecule has 1 aliphatic carbocycles. The first-order valence-corrected chi connectivity index (χ1v) is 34.3. The smallest absolute Gasteiger partial charge is 0.297 e. The van der Waals surface area contributed by atoms with Gasteiger partial charge in [0.1, 0.15) is 35.9 Å². The number of halogens is 2. The second-order valence-corrected chi connectivity index (χ2v) is 27.6. The third-order valence-electron chi connectivity index (χ3n) is 13.9. The van der Waals surface area contributed by atoms with Gasteiger partial charge in [-0.3, -0.25) is 42.7 Å². The van der Waals surface area contributed by atoms with Crippen LogP contribution in [-0.2, 0) is 55.4 Å². The van der Waals surface area contributed by atoms with Crippen LogP contribution in [0.4, 0.5) is 57.9 Å². The summed E-state index contributed by atoms with van der Waals surface area (Å²) in [6, 6.07) is 17.6. The molecule has 41 heteroatoms. The number of anilines is 8. The zero-order chi connectivity index (χ0) is 67.3. The maximum absolute atomic E-state index is 14.0. The van der Waals surface area contributed by atoms with Gasteiger partial charge in [0.25, 0.3) is 50.6 Å². The Morgan fingerprint density at radius 2 is 1.30 bits per heavy atom. The van der Waals surface area contributed by atoms with E-state index in [9.17, 15) is 74.4 Å². The Bertz CT molecular complexity index is 5160. The predicted molar refractivity (Wildman–Crippen MR) is 338 cm³/mol. The van der Waals surface area contributed by atoms with E-state index in [1.165, 1.54) is 61.4 Å². The quantitative estimate of drug-likeness (QED) is 0.0218. The highest BCUT2D eigenvalue weighted by atomic mass is 35.5. The highest BCUT2D eigenvalue weighted by molar-refractivity contribution is 7.91. The molecule has 8 aromatic rings. The van der Waals surface area contributed by atoms with E-state index in [-0.39, 0.29) is 90.1 Å². The number of Topliss-reactive ketones (excluding diaryl/α,β-unsaturated/α-hetero) is 1. The Balaban J connectivity index is 0.794. The molecule has 0 atom stereocenters. The van der Waals surface area contributed by atoms with Gasteiger partial charge in [-0.25, -0.2) is 0 Å². The molecule has 0 unspecified atom stereocenters. The van der Waals surface area contributed by atoms with Crippen LogP contribution in [0.15, 0.2) is 131 Å². The number of piperazine rings is 1. The Kier molecular flexibility index (Phi) is 18.5. The maximum atomic E-state index is 14.0. The van der Waals surface area contributed by atoms with Gasteiger partial charge >= 0.3 is 0 Å². The summed E-state index contributed by atoms with van der Waals surface area (Å²) in [4.78, 5) is 53.8. The topological polar surface area (TPSA) is 487 Å². The third-order valence-corrected chi connectivity index (χ3v) is 18.8. The minimum absolute atomic E-state index is 0.0150. The number of carbonyl (C=O) groups is 2. The summed E-state index contributed by atoms with van der Waals surface area (Å²) in [5.41, 5.74) is 0.859. The lowest BCUT2D eigenvalue weighted by atomic mass is 9.94. The van der Waals surface area contributed by atoms with E-state index in [4.69, 9.17) is 27.9 Å². The standard InChI is InChI=1S/C52H46Cl2N16O18S5/c1-26(71)56-36-24-38(39(88-3)25-37(36)66-64-28-22-34-31(42(23-28)91(79,80)81)6-4-9-41(34)90(76,77)78)57-50-59-47(53)58-49(62-50)55-14-15-69-16-18-70(19-17-69)52-61-48(54)60-51(63-52)68(2)29-10-11-30-27(20-29)21-43(92(82,83)84)44(45(30)72)67-65-35-13-12-32-33(46(35)93(85,86)87)7-5-8-40(32)89(73,74)75/h4-13,20-25,65H,14-19H2,1-3H3,(H,56,71)(H,73,74,75)(H,76,77,78)(H,79,80,81)(H,82,83,84)(H,85,86,87)(H2,55,57,58,59,62)/b66-64+,67-44+. The molecule has 1 amide bonds. The fraction of sp³-hybridized carbons (Fsp3) is 0.173. The third kappa shape index (κ3) is 14.9. The summed E-state index contributed by atoms with van der Waals surface area (Å²) >= 11 is 12.8. The number of fused-ring (bicyclic) bond motifs is 3. The largest absolute Gasteiger partial charge is 0.494 e. The fourth-order valence-electron chi connectivity index (χ4n) is 9.81. The SMILES string of the molecule is COc1cc(/N=N/c2cc(S(=O)(=O)O)c3cccc(S(=O)(=O)O)c3c2)c(NC(C)=O)cc1Nc1nc(Cl)nc(NCCN2CCN(c3nc(Cl)nc(N(C)c4ccc5c(c4)C=C(S(=O)(=O)O)/C(=N\Nc4ccc6c(S(=O)(=O)O)cccc6c4S(=O)(=O)O)C5=O)n3)CC2)n1. The van der Waals surface area contributed by atoms with Crippen molar-refractivity contribution in [3.8, 4) is 5.75 Å². The second kappa shape index (κ2) is 25.8. The van der Waals surface area contributed by atoms with Gasteiger partial charge in [-0.2, -0.15) is 82.2 Å². The second-order valence-electron chi connectivity index (χ2n) is 20.0. The molecule has 34 nitrogen and oxygen atoms in total. The highest BCUT2D eigenvalue weighted by Crippen LogP contribution is 2.41. The van der Waals surface area contributed by atoms with E-state index in [0.717, 1.165) is 54.6 Å². The number of hydrogen-bond acceptors (Lipinski definition) is 28. The van der Waals surface area contributed by atoms with Gasteiger partial charge in [-0.15, -0.1) is 5.11 Å². The molecule has 3 heterocycles. The van der Waals surface area contributed by atoms with Crippen molar-refractivity contribution in [3.05, 3.63) is 118 Å². The average Bonchev–Trinajstić information content (AvgIpc) is 0.797. The molecule has 1 aliphatic heterocycles. The van der Waals surface area contributed by atoms with Crippen molar-refractivity contribution < 1.29 is 79.2 Å². The van der Waals surface area contributed by atoms with Gasteiger partial charge in [-0.1, -0.05) is 30.3 Å². The predicted octanol–water partition coefficient (Wildman–Crippen LogP) is 6.68. The first-order chi connectivity index (χ1) is 43.6. The Labute approximate surface area is 537 Å². The molecule has 1 fully saturated rings. The van der Waals surface area contributed by atoms with E-state index in [2.05, 4.69) is 71.5 Å². The number of benzene rings is 6. The first-order valence-electron chi connectivity index (χ1n) is 26.4. The van der Waals surface area contributed by atoms with Gasteiger partial charge in [0.2, 0.25) is 46.1 Å². The van der Waals surface area contributed by atoms with Crippen LogP contribution < -0.4 is 35.9 Å². The summed E-state index contributed by atoms with van der Waals surface area (Å²) in [5.74, 6) is -1.25. The molecular weight excluding hydrogens is 1370 g/mol. The summed E-state index contributed by atoms with van der Waals surface area (Å²) in [6.45, 7) is 3.88. The Morgan fingerprint density at radius 1 is 0.656 bits per heavy atom. The molecule has 0 bridgehead atoms. The van der Waals surface area contributed by atoms with Gasteiger partial charge < -0.3 is 30.5 Å². The molecule has 486 valence electrons. The molecule has 0 spiro atoms. The van der Waals surface area contributed by atoms with Crippen LogP contribution >= 0.6 is 23.2 Å². The monoisotopic (exact) mass is 1410 g/mol. The normalized spacial score (nSPS) is 14.7. The van der Waals surface area contributed by atoms with Crippen molar-refractivity contribution in [1.82, 2.24) is 34.8 Å². The summed E-state index contributed by atoms with van der Waals surface area (Å²) in [6.07, 6.45) is 0.941. The van der Waals surface area contributed by atoms with Crippen LogP contribution in [0.5, 0.6) is 5.75 Å². The Hall–Kier alpha value is -9.10. The summed E-state index contributed by atoms with van der Waals surface area (Å²) in [7, 11) is -22.3. The van der Waals surface area contributed by atoms with Crippen molar-refractivity contribution in [1.29, 1.82) is 0 Å². The van der Waals surface area contributed by atoms with Crippen molar-refractivity contribution in [2.24, 2.45) is 15.3 Å². The number of nitrogens with one attached hydrogen (secondary N) is 4. The molecule has 9 N–H and O–H groups in total. The number of ether oxygens (including phenoxy) is 1. The Morgan fingerprint density at radius 3 is 1.95 bits per heavy atom. The lowest BCUT2D eigenvalue weighted by Gasteiger charge is -2.34. The summed E-state index contributed by atoms with van der Waals surface area (Å²) < 4.78 is 180. The van der Waals surface area contributed by atoms with Gasteiger partial charge in [0, 0.05) is 92.1 Å². The minimum atomic E-state index is -5.24. The number of allylic oxidation sites excluding steroid dienone is 1. The van der Waals surface area contributed by atoms with Gasteiger partial charge in [0.15, 0.2) is 5.71 Å². The zero-order valence-electron chi connectivity index (χ0n) is 47.7. The van der Waals surface area contributed by atoms with E-state index in [1.807, 2.05) is 4.90 Å². The molecule has 0 radical (unpaired) electrons. The molecule has 0 saturated carbocycles. The molecule has 2 aromatic heterocycles. The number of nitrogens with zero attached hydrogens (tertiary/aromatic N) is 12. The first kappa shape index (κ1) is 66.8. The average molecular weight is 1410 g/mol. The van der Waals surface area contributed by atoms with Crippen molar-refractivity contribution in [2.75, 3.05) is 84.6 Å². The van der Waals surface area contributed by atoms with Crippen molar-refractivity contribution >= 4 is 177 Å². The maximum Gasteiger partial charge on any atom is 0.297 e. The van der Waals surface area contributed by atoms with Crippen LogP contribution in [-0.4, -0.2) is 170 Å². The highest BCUT2D eigenvalue weighted by Gasteiger charge is 2.35. The number of ketones is 1. The van der Waals surface area contributed by atoms with E-state index >= 15 is 0 Å². The van der Waals surface area contributed by atoms with Crippen molar-refractivity contribution in [2.45, 2.75) is 26.5 Å². The van der Waals surface area contributed by atoms with Gasteiger partial charge in [-0.05, 0) is 89.4 Å². The molecule has 1 saturated heterocycles. The molecule has 93 heavy (non-hydrogen) atoms. The van der Waals surface area contributed by atoms with E-state index in [1.54, 1.807) is 7.05 Å². The van der Waals surface area contributed by atoms with E-state index in [0.29, 0.717) is 45.0 Å². The van der Waals surface area contributed by atoms with Crippen LogP contribution in [0.25, 0.3) is 27.6 Å². The van der Waals surface area contributed by atoms with Gasteiger partial charge in [0.05, 0.1) is 29.9 Å². The van der Waals surface area contributed by atoms with E-state index < -0.39 is 104 Å². The van der Waals surface area contributed by atoms with Crippen LogP contribution in [0, 0.1) is 0 Å². The zero-order valence-corrected chi connectivity index (χ0v) is 53.3. The molecular formula is C52H46Cl2N16O18S5. The van der Waals surface area contributed by atoms with Crippen LogP contribution in [0.3, 0.4) is 0 Å². The number of rotatable bonds is 20. The fourth-order valence-corrected chi connectivity index (χ4v) is 13.8. The van der Waals surface area contributed by atoms with Crippen LogP contribution in [0.2, 0.25) is 10.6 Å². The number of azo groups is 1. The number of aromatic nitrogens is 6. The minimum Gasteiger partial charge on any atom is -0.494 e. The number of hydrazone groups is 1.